The van der Waals surface area contributed by atoms with E-state index in [9.17, 15) is 9.59 Å². The molecule has 0 aromatic heterocycles. The number of hydrogen-bond acceptors (Lipinski definition) is 3. The Hall–Kier alpha value is -2.82. The minimum atomic E-state index is -0.993. The summed E-state index contributed by atoms with van der Waals surface area (Å²) >= 11 is 0. The molecule has 0 bridgehead atoms. The third-order valence-corrected chi connectivity index (χ3v) is 3.17. The van der Waals surface area contributed by atoms with Gasteiger partial charge in [0.15, 0.2) is 5.78 Å². The second-order valence-corrected chi connectivity index (χ2v) is 4.77. The van der Waals surface area contributed by atoms with Gasteiger partial charge in [-0.1, -0.05) is 30.3 Å². The molecule has 22 heavy (non-hydrogen) atoms. The summed E-state index contributed by atoms with van der Waals surface area (Å²) in [6, 6.07) is 15.9. The van der Waals surface area contributed by atoms with E-state index >= 15 is 0 Å². The number of rotatable bonds is 6. The van der Waals surface area contributed by atoms with Gasteiger partial charge in [-0.3, -0.25) is 4.79 Å². The van der Waals surface area contributed by atoms with Gasteiger partial charge in [0.25, 0.3) is 0 Å². The lowest BCUT2D eigenvalue weighted by Crippen LogP contribution is -2.29. The molecule has 5 nitrogen and oxygen atoms in total. The van der Waals surface area contributed by atoms with Gasteiger partial charge in [-0.25, -0.2) is 4.79 Å². The maximum absolute atomic E-state index is 12.2. The van der Waals surface area contributed by atoms with Crippen molar-refractivity contribution in [3.63, 3.8) is 0 Å². The maximum Gasteiger partial charge on any atom is 0.407 e. The number of amides is 1. The fourth-order valence-electron chi connectivity index (χ4n) is 1.85. The van der Waals surface area contributed by atoms with Crippen molar-refractivity contribution < 1.29 is 19.4 Å². The van der Waals surface area contributed by atoms with Crippen molar-refractivity contribution in [2.45, 2.75) is 0 Å². The zero-order chi connectivity index (χ0) is 15.9. The number of carbonyl (C=O) groups excluding carboxylic acids is 1. The molecule has 0 fully saturated rings. The molecule has 2 aromatic carbocycles. The molecule has 0 aliphatic carbocycles. The molecule has 1 amide bonds. The Bertz CT molecular complexity index is 637. The van der Waals surface area contributed by atoms with Gasteiger partial charge < -0.3 is 14.7 Å². The Morgan fingerprint density at radius 2 is 1.59 bits per heavy atom. The summed E-state index contributed by atoms with van der Waals surface area (Å²) in [5, 5.41) is 8.72. The molecule has 0 aliphatic rings. The van der Waals surface area contributed by atoms with Crippen LogP contribution in [0.1, 0.15) is 15.9 Å². The summed E-state index contributed by atoms with van der Waals surface area (Å²) in [5.74, 6) is 0.557. The molecule has 0 saturated carbocycles. The van der Waals surface area contributed by atoms with Gasteiger partial charge in [0.05, 0.1) is 6.54 Å². The third kappa shape index (κ3) is 4.09. The predicted molar refractivity (Wildman–Crippen MR) is 82.5 cm³/mol. The molecule has 0 atom stereocenters. The van der Waals surface area contributed by atoms with Crippen LogP contribution < -0.4 is 4.74 Å². The molecule has 0 heterocycles. The Balaban J connectivity index is 1.93. The van der Waals surface area contributed by atoms with Gasteiger partial charge in [-0.2, -0.15) is 0 Å². The fraction of sp³-hybridized carbons (Fsp3) is 0.176. The second-order valence-electron chi connectivity index (χ2n) is 4.77. The van der Waals surface area contributed by atoms with E-state index in [0.29, 0.717) is 16.9 Å². The first-order chi connectivity index (χ1) is 10.6. The number of carbonyl (C=O) groups is 2. The lowest BCUT2D eigenvalue weighted by molar-refractivity contribution is 0.103. The van der Waals surface area contributed by atoms with Crippen molar-refractivity contribution in [2.24, 2.45) is 0 Å². The zero-order valence-electron chi connectivity index (χ0n) is 12.2. The molecule has 1 N–H and O–H groups in total. The van der Waals surface area contributed by atoms with Crippen LogP contribution in [0.5, 0.6) is 5.75 Å². The van der Waals surface area contributed by atoms with E-state index in [1.807, 2.05) is 18.2 Å². The lowest BCUT2D eigenvalue weighted by Gasteiger charge is -2.13. The molecule has 2 aromatic rings. The number of ketones is 1. The first-order valence-electron chi connectivity index (χ1n) is 6.84. The van der Waals surface area contributed by atoms with Crippen LogP contribution in [0.2, 0.25) is 0 Å². The highest BCUT2D eigenvalue weighted by Crippen LogP contribution is 2.15. The van der Waals surface area contributed by atoms with E-state index in [-0.39, 0.29) is 18.9 Å². The molecule has 5 heteroatoms. The quantitative estimate of drug-likeness (QED) is 0.833. The summed E-state index contributed by atoms with van der Waals surface area (Å²) in [5.41, 5.74) is 1.22. The average molecular weight is 299 g/mol. The molecule has 0 unspecified atom stereocenters. The average Bonchev–Trinajstić information content (AvgIpc) is 2.55. The van der Waals surface area contributed by atoms with E-state index in [1.54, 1.807) is 36.4 Å². The van der Waals surface area contributed by atoms with Crippen LogP contribution >= 0.6 is 0 Å². The van der Waals surface area contributed by atoms with Gasteiger partial charge in [0.2, 0.25) is 0 Å². The summed E-state index contributed by atoms with van der Waals surface area (Å²) < 4.78 is 5.45. The van der Waals surface area contributed by atoms with Crippen LogP contribution in [0, 0.1) is 0 Å². The minimum absolute atomic E-state index is 0.0437. The standard InChI is InChI=1S/C17H17NO4/c1-18(17(20)21)11-12-22-15-9-7-14(8-10-15)16(19)13-5-3-2-4-6-13/h2-10H,11-12H2,1H3,(H,20,21). The van der Waals surface area contributed by atoms with Crippen LogP contribution in [0.25, 0.3) is 0 Å². The second kappa shape index (κ2) is 7.26. The van der Waals surface area contributed by atoms with Gasteiger partial charge in [-0.15, -0.1) is 0 Å². The summed E-state index contributed by atoms with van der Waals surface area (Å²) in [4.78, 5) is 24.0. The number of likely N-dealkylation sites (N-methyl/N-ethyl adjacent to an activating group) is 1. The maximum atomic E-state index is 12.2. The summed E-state index contributed by atoms with van der Waals surface area (Å²) in [7, 11) is 1.48. The van der Waals surface area contributed by atoms with E-state index in [4.69, 9.17) is 9.84 Å². The Morgan fingerprint density at radius 3 is 2.18 bits per heavy atom. The highest BCUT2D eigenvalue weighted by atomic mass is 16.5. The Morgan fingerprint density at radius 1 is 1.00 bits per heavy atom. The summed E-state index contributed by atoms with van der Waals surface area (Å²) in [6.07, 6.45) is -0.993. The third-order valence-electron chi connectivity index (χ3n) is 3.17. The van der Waals surface area contributed by atoms with Crippen LogP contribution in [0.15, 0.2) is 54.6 Å². The van der Waals surface area contributed by atoms with E-state index in [0.717, 1.165) is 4.90 Å². The molecular weight excluding hydrogens is 282 g/mol. The topological polar surface area (TPSA) is 66.8 Å². The van der Waals surface area contributed by atoms with Crippen molar-refractivity contribution >= 4 is 11.9 Å². The van der Waals surface area contributed by atoms with Gasteiger partial charge >= 0.3 is 6.09 Å². The van der Waals surface area contributed by atoms with E-state index in [1.165, 1.54) is 7.05 Å². The highest BCUT2D eigenvalue weighted by molar-refractivity contribution is 6.08. The number of ether oxygens (including phenoxy) is 1. The van der Waals surface area contributed by atoms with Gasteiger partial charge in [0, 0.05) is 18.2 Å². The van der Waals surface area contributed by atoms with Crippen LogP contribution in [-0.4, -0.2) is 42.1 Å². The highest BCUT2D eigenvalue weighted by Gasteiger charge is 2.09. The molecule has 0 aliphatic heterocycles. The molecule has 2 rings (SSSR count). The molecular formula is C17H17NO4. The molecule has 0 spiro atoms. The van der Waals surface area contributed by atoms with Crippen molar-refractivity contribution in [1.82, 2.24) is 4.90 Å². The lowest BCUT2D eigenvalue weighted by atomic mass is 10.0. The van der Waals surface area contributed by atoms with Crippen LogP contribution in [0.3, 0.4) is 0 Å². The Labute approximate surface area is 128 Å². The number of hydrogen-bond donors (Lipinski definition) is 1. The molecule has 0 radical (unpaired) electrons. The minimum Gasteiger partial charge on any atom is -0.492 e. The number of carboxylic acid groups (broad SMARTS) is 1. The SMILES string of the molecule is CN(CCOc1ccc(C(=O)c2ccccc2)cc1)C(=O)O. The normalized spacial score (nSPS) is 10.0. The monoisotopic (exact) mass is 299 g/mol. The zero-order valence-corrected chi connectivity index (χ0v) is 12.2. The Kier molecular flexibility index (Phi) is 5.14. The van der Waals surface area contributed by atoms with Crippen LogP contribution in [-0.2, 0) is 0 Å². The number of benzene rings is 2. The first-order valence-corrected chi connectivity index (χ1v) is 6.84. The van der Waals surface area contributed by atoms with Crippen molar-refractivity contribution in [3.8, 4) is 5.75 Å². The molecule has 114 valence electrons. The van der Waals surface area contributed by atoms with Crippen molar-refractivity contribution in [2.75, 3.05) is 20.2 Å². The van der Waals surface area contributed by atoms with Gasteiger partial charge in [0.1, 0.15) is 12.4 Å². The summed E-state index contributed by atoms with van der Waals surface area (Å²) in [6.45, 7) is 0.537. The van der Waals surface area contributed by atoms with Gasteiger partial charge in [-0.05, 0) is 24.3 Å². The van der Waals surface area contributed by atoms with Crippen molar-refractivity contribution in [3.05, 3.63) is 65.7 Å². The van der Waals surface area contributed by atoms with Crippen molar-refractivity contribution in [1.29, 1.82) is 0 Å². The van der Waals surface area contributed by atoms with Crippen LogP contribution in [0.4, 0.5) is 4.79 Å². The fourth-order valence-corrected chi connectivity index (χ4v) is 1.85. The first kappa shape index (κ1) is 15.6. The van der Waals surface area contributed by atoms with E-state index in [2.05, 4.69) is 0 Å². The largest absolute Gasteiger partial charge is 0.492 e. The molecule has 0 saturated heterocycles. The number of nitrogens with zero attached hydrogens (tertiary/aromatic N) is 1. The smallest absolute Gasteiger partial charge is 0.407 e. The van der Waals surface area contributed by atoms with E-state index < -0.39 is 6.09 Å². The predicted octanol–water partition coefficient (Wildman–Crippen LogP) is 2.91.